The van der Waals surface area contributed by atoms with Crippen LogP contribution >= 0.6 is 11.6 Å². The smallest absolute Gasteiger partial charge is 0.267 e. The zero-order valence-electron chi connectivity index (χ0n) is 18.0. The Labute approximate surface area is 192 Å². The Morgan fingerprint density at radius 3 is 2.56 bits per heavy atom. The van der Waals surface area contributed by atoms with Crippen molar-refractivity contribution in [1.82, 2.24) is 10.6 Å². The maximum atomic E-state index is 12.7. The van der Waals surface area contributed by atoms with E-state index >= 15 is 0 Å². The SMILES string of the molecule is CCCCNC(=O)/C(=C/c1ccc(-c2cccc(Cl)c2)o1)NC(=O)c1ccc(OC)cc1. The van der Waals surface area contributed by atoms with Crippen LogP contribution < -0.4 is 15.4 Å². The molecule has 3 aromatic rings. The van der Waals surface area contributed by atoms with Crippen LogP contribution in [0.3, 0.4) is 0 Å². The molecule has 6 nitrogen and oxygen atoms in total. The summed E-state index contributed by atoms with van der Waals surface area (Å²) in [5.41, 5.74) is 1.31. The molecule has 32 heavy (non-hydrogen) atoms. The van der Waals surface area contributed by atoms with Crippen molar-refractivity contribution >= 4 is 29.5 Å². The van der Waals surface area contributed by atoms with E-state index in [2.05, 4.69) is 10.6 Å². The molecule has 1 heterocycles. The number of methoxy groups -OCH3 is 1. The van der Waals surface area contributed by atoms with Crippen LogP contribution in [0.15, 0.2) is 70.8 Å². The van der Waals surface area contributed by atoms with Gasteiger partial charge in [-0.15, -0.1) is 0 Å². The lowest BCUT2D eigenvalue weighted by Gasteiger charge is -2.11. The standard InChI is InChI=1S/C25H25ClN2O4/c1-3-4-14-27-25(30)22(28-24(29)17-8-10-20(31-2)11-9-17)16-21-12-13-23(32-21)18-6-5-7-19(26)15-18/h5-13,15-16H,3-4,14H2,1-2H3,(H,27,30)(H,28,29)/b22-16-. The number of unbranched alkanes of at least 4 members (excludes halogenated alkanes) is 1. The fourth-order valence-corrected chi connectivity index (χ4v) is 3.13. The van der Waals surface area contributed by atoms with Crippen LogP contribution in [0, 0.1) is 0 Å². The Morgan fingerprint density at radius 2 is 1.88 bits per heavy atom. The minimum atomic E-state index is -0.411. The molecule has 0 atom stereocenters. The molecule has 0 aliphatic rings. The molecule has 0 unspecified atom stereocenters. The average Bonchev–Trinajstić information content (AvgIpc) is 3.27. The van der Waals surface area contributed by atoms with Crippen LogP contribution in [0.1, 0.15) is 35.9 Å². The minimum absolute atomic E-state index is 0.0916. The zero-order valence-corrected chi connectivity index (χ0v) is 18.7. The predicted molar refractivity (Wildman–Crippen MR) is 126 cm³/mol. The summed E-state index contributed by atoms with van der Waals surface area (Å²) in [5, 5.41) is 6.11. The summed E-state index contributed by atoms with van der Waals surface area (Å²) in [7, 11) is 1.55. The molecule has 2 N–H and O–H groups in total. The lowest BCUT2D eigenvalue weighted by atomic mass is 10.2. The third kappa shape index (κ3) is 6.25. The van der Waals surface area contributed by atoms with E-state index in [1.54, 1.807) is 55.6 Å². The fourth-order valence-electron chi connectivity index (χ4n) is 2.94. The van der Waals surface area contributed by atoms with Gasteiger partial charge in [-0.3, -0.25) is 9.59 Å². The normalized spacial score (nSPS) is 11.2. The van der Waals surface area contributed by atoms with E-state index in [1.807, 2.05) is 19.1 Å². The van der Waals surface area contributed by atoms with Crippen LogP contribution in [0.25, 0.3) is 17.4 Å². The van der Waals surface area contributed by atoms with Gasteiger partial charge in [0, 0.05) is 28.8 Å². The van der Waals surface area contributed by atoms with Gasteiger partial charge in [0.05, 0.1) is 7.11 Å². The van der Waals surface area contributed by atoms with Crippen molar-refractivity contribution in [2.45, 2.75) is 19.8 Å². The Kier molecular flexibility index (Phi) is 8.11. The summed E-state index contributed by atoms with van der Waals surface area (Å²) < 4.78 is 11.0. The summed E-state index contributed by atoms with van der Waals surface area (Å²) in [5.74, 6) is 0.868. The predicted octanol–water partition coefficient (Wildman–Crippen LogP) is 5.30. The number of hydrogen-bond donors (Lipinski definition) is 2. The molecule has 0 saturated heterocycles. The Balaban J connectivity index is 1.84. The van der Waals surface area contributed by atoms with Gasteiger partial charge >= 0.3 is 0 Å². The Bertz CT molecular complexity index is 1100. The highest BCUT2D eigenvalue weighted by Gasteiger charge is 2.16. The number of carbonyl (C=O) groups excluding carboxylic acids is 2. The summed E-state index contributed by atoms with van der Waals surface area (Å²) in [4.78, 5) is 25.5. The first kappa shape index (κ1) is 23.2. The van der Waals surface area contributed by atoms with E-state index in [0.717, 1.165) is 18.4 Å². The summed E-state index contributed by atoms with van der Waals surface area (Å²) in [6.45, 7) is 2.55. The Morgan fingerprint density at radius 1 is 1.09 bits per heavy atom. The first-order valence-corrected chi connectivity index (χ1v) is 10.7. The van der Waals surface area contributed by atoms with Gasteiger partial charge in [0.25, 0.3) is 11.8 Å². The fraction of sp³-hybridized carbons (Fsp3) is 0.200. The molecule has 166 valence electrons. The quantitative estimate of drug-likeness (QED) is 0.341. The van der Waals surface area contributed by atoms with Gasteiger partial charge in [-0.25, -0.2) is 0 Å². The highest BCUT2D eigenvalue weighted by molar-refractivity contribution is 6.30. The molecule has 2 amide bonds. The molecule has 0 fully saturated rings. The van der Waals surface area contributed by atoms with E-state index < -0.39 is 5.91 Å². The van der Waals surface area contributed by atoms with Crippen LogP contribution in [0.5, 0.6) is 5.75 Å². The van der Waals surface area contributed by atoms with Gasteiger partial charge in [-0.05, 0) is 55.0 Å². The first-order valence-electron chi connectivity index (χ1n) is 10.3. The number of carbonyl (C=O) groups is 2. The van der Waals surface area contributed by atoms with Crippen molar-refractivity contribution in [3.63, 3.8) is 0 Å². The van der Waals surface area contributed by atoms with Crippen molar-refractivity contribution < 1.29 is 18.7 Å². The number of amides is 2. The number of benzene rings is 2. The molecule has 1 aromatic heterocycles. The number of nitrogens with one attached hydrogen (secondary N) is 2. The number of hydrogen-bond acceptors (Lipinski definition) is 4. The summed E-state index contributed by atoms with van der Waals surface area (Å²) in [6.07, 6.45) is 3.29. The molecule has 0 spiro atoms. The second kappa shape index (κ2) is 11.2. The summed E-state index contributed by atoms with van der Waals surface area (Å²) >= 11 is 6.06. The lowest BCUT2D eigenvalue weighted by Crippen LogP contribution is -2.35. The van der Waals surface area contributed by atoms with Crippen molar-refractivity contribution in [3.8, 4) is 17.1 Å². The molecule has 0 aliphatic heterocycles. The van der Waals surface area contributed by atoms with Gasteiger partial charge in [0.1, 0.15) is 23.0 Å². The van der Waals surface area contributed by atoms with E-state index in [9.17, 15) is 9.59 Å². The Hall–Kier alpha value is -3.51. The molecule has 0 aliphatic carbocycles. The molecule has 0 bridgehead atoms. The monoisotopic (exact) mass is 452 g/mol. The van der Waals surface area contributed by atoms with Crippen molar-refractivity contribution in [2.75, 3.05) is 13.7 Å². The van der Waals surface area contributed by atoms with Gasteiger partial charge in [0.2, 0.25) is 0 Å². The number of ether oxygens (including phenoxy) is 1. The maximum Gasteiger partial charge on any atom is 0.267 e. The van der Waals surface area contributed by atoms with Gasteiger partial charge in [0.15, 0.2) is 0 Å². The van der Waals surface area contributed by atoms with E-state index in [4.69, 9.17) is 20.8 Å². The van der Waals surface area contributed by atoms with Crippen LogP contribution in [-0.4, -0.2) is 25.5 Å². The molecular weight excluding hydrogens is 428 g/mol. The molecular formula is C25H25ClN2O4. The molecule has 3 rings (SSSR count). The molecule has 0 radical (unpaired) electrons. The second-order valence-electron chi connectivity index (χ2n) is 7.06. The molecule has 2 aromatic carbocycles. The third-order valence-corrected chi connectivity index (χ3v) is 4.92. The second-order valence-corrected chi connectivity index (χ2v) is 7.50. The minimum Gasteiger partial charge on any atom is -0.497 e. The van der Waals surface area contributed by atoms with E-state index in [1.165, 1.54) is 6.08 Å². The molecule has 0 saturated carbocycles. The zero-order chi connectivity index (χ0) is 22.9. The topological polar surface area (TPSA) is 80.6 Å². The van der Waals surface area contributed by atoms with Gasteiger partial charge in [-0.2, -0.15) is 0 Å². The van der Waals surface area contributed by atoms with E-state index in [-0.39, 0.29) is 11.6 Å². The van der Waals surface area contributed by atoms with Crippen LogP contribution in [0.4, 0.5) is 0 Å². The van der Waals surface area contributed by atoms with Gasteiger partial charge in [-0.1, -0.05) is 37.1 Å². The summed E-state index contributed by atoms with van der Waals surface area (Å²) in [6, 6.07) is 17.4. The third-order valence-electron chi connectivity index (χ3n) is 4.68. The van der Waals surface area contributed by atoms with Crippen LogP contribution in [-0.2, 0) is 4.79 Å². The van der Waals surface area contributed by atoms with E-state index in [0.29, 0.717) is 34.4 Å². The van der Waals surface area contributed by atoms with Crippen molar-refractivity contribution in [1.29, 1.82) is 0 Å². The molecule has 7 heteroatoms. The van der Waals surface area contributed by atoms with Crippen LogP contribution in [0.2, 0.25) is 5.02 Å². The van der Waals surface area contributed by atoms with Crippen molar-refractivity contribution in [2.24, 2.45) is 0 Å². The lowest BCUT2D eigenvalue weighted by molar-refractivity contribution is -0.117. The largest absolute Gasteiger partial charge is 0.497 e. The maximum absolute atomic E-state index is 12.7. The number of furan rings is 1. The first-order chi connectivity index (χ1) is 15.5. The number of rotatable bonds is 9. The average molecular weight is 453 g/mol. The highest BCUT2D eigenvalue weighted by atomic mass is 35.5. The highest BCUT2D eigenvalue weighted by Crippen LogP contribution is 2.25. The van der Waals surface area contributed by atoms with Crippen molar-refractivity contribution in [3.05, 3.63) is 82.7 Å². The number of halogens is 1. The van der Waals surface area contributed by atoms with Gasteiger partial charge < -0.3 is 19.8 Å².